The van der Waals surface area contributed by atoms with Crippen molar-refractivity contribution in [2.75, 3.05) is 0 Å². The lowest BCUT2D eigenvalue weighted by atomic mass is 9.99. The van der Waals surface area contributed by atoms with Crippen molar-refractivity contribution in [1.82, 2.24) is 19.5 Å². The third-order valence-corrected chi connectivity index (χ3v) is 10.5. The van der Waals surface area contributed by atoms with Gasteiger partial charge in [-0.2, -0.15) is 0 Å². The smallest absolute Gasteiger partial charge is 0.228 e. The molecular formula is C49H30N4O. The first-order chi connectivity index (χ1) is 26.8. The van der Waals surface area contributed by atoms with Crippen molar-refractivity contribution in [3.05, 3.63) is 182 Å². The first kappa shape index (κ1) is 30.3. The second-order valence-corrected chi connectivity index (χ2v) is 13.6. The summed E-state index contributed by atoms with van der Waals surface area (Å²) in [5.74, 6) is 0.673. The van der Waals surface area contributed by atoms with Crippen LogP contribution in [-0.4, -0.2) is 19.5 Å². The molecular weight excluding hydrogens is 661 g/mol. The highest BCUT2D eigenvalue weighted by Gasteiger charge is 2.17. The van der Waals surface area contributed by atoms with Crippen LogP contribution in [0.3, 0.4) is 0 Å². The first-order valence-electron chi connectivity index (χ1n) is 18.1. The average Bonchev–Trinajstić information content (AvgIpc) is 3.80. The Morgan fingerprint density at radius 3 is 1.59 bits per heavy atom. The molecule has 5 nitrogen and oxygen atoms in total. The highest BCUT2D eigenvalue weighted by atomic mass is 16.3. The number of hydrogen-bond acceptors (Lipinski definition) is 4. The zero-order valence-corrected chi connectivity index (χ0v) is 29.0. The molecule has 0 atom stereocenters. The van der Waals surface area contributed by atoms with Crippen LogP contribution in [0, 0.1) is 0 Å². The number of nitrogens with zero attached hydrogens (tertiary/aromatic N) is 4. The average molecular weight is 691 g/mol. The number of rotatable bonds is 5. The maximum Gasteiger partial charge on any atom is 0.228 e. The van der Waals surface area contributed by atoms with E-state index >= 15 is 0 Å². The van der Waals surface area contributed by atoms with E-state index in [0.29, 0.717) is 11.5 Å². The van der Waals surface area contributed by atoms with Crippen molar-refractivity contribution in [3.63, 3.8) is 0 Å². The molecule has 11 aromatic rings. The lowest BCUT2D eigenvalue weighted by Crippen LogP contribution is -1.97. The molecule has 0 fully saturated rings. The van der Waals surface area contributed by atoms with E-state index in [-0.39, 0.29) is 0 Å². The van der Waals surface area contributed by atoms with Crippen molar-refractivity contribution in [2.45, 2.75) is 0 Å². The molecule has 0 aliphatic carbocycles. The van der Waals surface area contributed by atoms with Crippen LogP contribution in [0.2, 0.25) is 0 Å². The maximum atomic E-state index is 6.26. The summed E-state index contributed by atoms with van der Waals surface area (Å²) in [6, 6.07) is 63.2. The van der Waals surface area contributed by atoms with E-state index in [1.54, 1.807) is 0 Å². The van der Waals surface area contributed by atoms with Crippen LogP contribution in [0.4, 0.5) is 0 Å². The summed E-state index contributed by atoms with van der Waals surface area (Å²) in [4.78, 5) is 15.3. The molecule has 252 valence electrons. The molecule has 11 rings (SSSR count). The summed E-state index contributed by atoms with van der Waals surface area (Å²) < 4.78 is 8.59. The Morgan fingerprint density at radius 2 is 0.907 bits per heavy atom. The molecule has 0 aliphatic rings. The van der Waals surface area contributed by atoms with E-state index in [0.717, 1.165) is 72.2 Å². The van der Waals surface area contributed by atoms with Crippen LogP contribution in [0.1, 0.15) is 0 Å². The van der Waals surface area contributed by atoms with Gasteiger partial charge in [0.25, 0.3) is 0 Å². The van der Waals surface area contributed by atoms with Crippen LogP contribution < -0.4 is 0 Å². The zero-order valence-electron chi connectivity index (χ0n) is 29.0. The fraction of sp³-hybridized carbons (Fsp3) is 0. The topological polar surface area (TPSA) is 56.7 Å². The molecule has 4 aromatic heterocycles. The minimum atomic E-state index is 0.645. The third kappa shape index (κ3) is 4.83. The highest BCUT2D eigenvalue weighted by Crippen LogP contribution is 2.39. The fourth-order valence-electron chi connectivity index (χ4n) is 7.90. The van der Waals surface area contributed by atoms with Gasteiger partial charge in [-0.1, -0.05) is 133 Å². The molecule has 0 saturated carbocycles. The second kappa shape index (κ2) is 12.1. The molecule has 0 unspecified atom stereocenters. The molecule has 7 aromatic carbocycles. The van der Waals surface area contributed by atoms with Gasteiger partial charge < -0.3 is 8.98 Å². The fourth-order valence-corrected chi connectivity index (χ4v) is 7.90. The monoisotopic (exact) mass is 690 g/mol. The Balaban J connectivity index is 1.01. The summed E-state index contributed by atoms with van der Waals surface area (Å²) >= 11 is 0. The van der Waals surface area contributed by atoms with Crippen LogP contribution >= 0.6 is 0 Å². The van der Waals surface area contributed by atoms with Gasteiger partial charge in [0.15, 0.2) is 5.82 Å². The summed E-state index contributed by atoms with van der Waals surface area (Å²) in [6.45, 7) is 0. The number of furan rings is 1. The minimum Gasteiger partial charge on any atom is -0.438 e. The van der Waals surface area contributed by atoms with E-state index in [1.807, 2.05) is 36.4 Å². The van der Waals surface area contributed by atoms with Gasteiger partial charge in [0, 0.05) is 49.5 Å². The molecule has 0 bridgehead atoms. The predicted molar refractivity (Wildman–Crippen MR) is 221 cm³/mol. The van der Waals surface area contributed by atoms with Crippen LogP contribution in [-0.2, 0) is 0 Å². The number of para-hydroxylation sites is 3. The molecule has 5 heteroatoms. The summed E-state index contributed by atoms with van der Waals surface area (Å²) in [5.41, 5.74) is 11.5. The van der Waals surface area contributed by atoms with E-state index in [1.165, 1.54) is 21.8 Å². The van der Waals surface area contributed by atoms with E-state index < -0.39 is 0 Å². The standard InChI is InChI=1S/C49H30N4O/c1-2-12-31(13-3-1)41-30-42(51-48(50-41)34-26-28-35(29-27-34)53-43-19-9-6-14-36(43)37-15-7-10-20-44(37)53)32-22-24-33(25-23-32)47-39-17-5-4-16-38(39)46-40-18-8-11-21-45(40)54-49(46)52-47/h1-30H. The molecule has 4 heterocycles. The van der Waals surface area contributed by atoms with Gasteiger partial charge in [0.1, 0.15) is 5.58 Å². The number of benzene rings is 7. The SMILES string of the molecule is c1ccc(-c2cc(-c3ccc(-c4nc5oc6ccccc6c5c5ccccc45)cc3)nc(-c3ccc(-n4c5ccccc5c5ccccc54)cc3)n2)cc1. The van der Waals surface area contributed by atoms with Gasteiger partial charge in [-0.15, -0.1) is 0 Å². The Kier molecular flexibility index (Phi) is 6.79. The highest BCUT2D eigenvalue weighted by molar-refractivity contribution is 6.20. The van der Waals surface area contributed by atoms with Gasteiger partial charge >= 0.3 is 0 Å². The van der Waals surface area contributed by atoms with Crippen molar-refractivity contribution < 1.29 is 4.42 Å². The van der Waals surface area contributed by atoms with E-state index in [2.05, 4.69) is 150 Å². The number of fused-ring (bicyclic) bond motifs is 8. The molecule has 0 aliphatic heterocycles. The lowest BCUT2D eigenvalue weighted by molar-refractivity contribution is 0.655. The van der Waals surface area contributed by atoms with E-state index in [9.17, 15) is 0 Å². The maximum absolute atomic E-state index is 6.26. The Bertz CT molecular complexity index is 3140. The number of aromatic nitrogens is 4. The first-order valence-corrected chi connectivity index (χ1v) is 18.1. The summed E-state index contributed by atoms with van der Waals surface area (Å²) in [6.07, 6.45) is 0. The van der Waals surface area contributed by atoms with Gasteiger partial charge in [0.2, 0.25) is 5.71 Å². The Hall–Kier alpha value is -7.37. The summed E-state index contributed by atoms with van der Waals surface area (Å²) in [7, 11) is 0. The third-order valence-electron chi connectivity index (χ3n) is 10.5. The van der Waals surface area contributed by atoms with Crippen molar-refractivity contribution in [1.29, 1.82) is 0 Å². The van der Waals surface area contributed by atoms with Crippen molar-refractivity contribution in [2.24, 2.45) is 0 Å². The van der Waals surface area contributed by atoms with Crippen molar-refractivity contribution >= 4 is 54.6 Å². The summed E-state index contributed by atoms with van der Waals surface area (Å²) in [5, 5.41) is 6.82. The van der Waals surface area contributed by atoms with Gasteiger partial charge in [-0.25, -0.2) is 15.0 Å². The van der Waals surface area contributed by atoms with E-state index in [4.69, 9.17) is 19.4 Å². The van der Waals surface area contributed by atoms with Gasteiger partial charge in [0.05, 0.1) is 33.5 Å². The molecule has 0 saturated heterocycles. The van der Waals surface area contributed by atoms with Crippen LogP contribution in [0.5, 0.6) is 0 Å². The Morgan fingerprint density at radius 1 is 0.389 bits per heavy atom. The van der Waals surface area contributed by atoms with Gasteiger partial charge in [-0.3, -0.25) is 0 Å². The van der Waals surface area contributed by atoms with Crippen molar-refractivity contribution in [3.8, 4) is 50.8 Å². The largest absolute Gasteiger partial charge is 0.438 e. The van der Waals surface area contributed by atoms with Crippen LogP contribution in [0.25, 0.3) is 105 Å². The predicted octanol–water partition coefficient (Wildman–Crippen LogP) is 12.7. The number of pyridine rings is 1. The molecule has 0 radical (unpaired) electrons. The zero-order chi connectivity index (χ0) is 35.6. The van der Waals surface area contributed by atoms with Gasteiger partial charge in [-0.05, 0) is 53.9 Å². The molecule has 54 heavy (non-hydrogen) atoms. The minimum absolute atomic E-state index is 0.645. The Labute approximate surface area is 310 Å². The molecule has 0 amide bonds. The second-order valence-electron chi connectivity index (χ2n) is 13.6. The molecule has 0 N–H and O–H groups in total. The normalized spacial score (nSPS) is 11.7. The number of hydrogen-bond donors (Lipinski definition) is 0. The lowest BCUT2D eigenvalue weighted by Gasteiger charge is -2.12. The van der Waals surface area contributed by atoms with Crippen LogP contribution in [0.15, 0.2) is 186 Å². The molecule has 0 spiro atoms. The quantitative estimate of drug-likeness (QED) is 0.180.